The summed E-state index contributed by atoms with van der Waals surface area (Å²) in [7, 11) is 0. The summed E-state index contributed by atoms with van der Waals surface area (Å²) in [6.07, 6.45) is 3.50. The number of ether oxygens (including phenoxy) is 2. The molecule has 0 aliphatic carbocycles. The van der Waals surface area contributed by atoms with Gasteiger partial charge in [0, 0.05) is 0 Å². The van der Waals surface area contributed by atoms with Gasteiger partial charge in [-0.3, -0.25) is 0 Å². The fraction of sp³-hybridized carbons (Fsp3) is 0.300. The molecule has 0 saturated heterocycles. The van der Waals surface area contributed by atoms with Crippen molar-refractivity contribution in [1.82, 2.24) is 0 Å². The van der Waals surface area contributed by atoms with E-state index in [0.29, 0.717) is 5.76 Å². The molecule has 3 nitrogen and oxygen atoms in total. The average molecular weight is 182 g/mol. The van der Waals surface area contributed by atoms with E-state index >= 15 is 0 Å². The Bertz CT molecular complexity index is 226. The zero-order valence-electron chi connectivity index (χ0n) is 7.95. The highest BCUT2D eigenvalue weighted by Gasteiger charge is 2.07. The summed E-state index contributed by atoms with van der Waals surface area (Å²) in [4.78, 5) is 10.9. The second kappa shape index (κ2) is 6.06. The molecule has 0 atom stereocenters. The van der Waals surface area contributed by atoms with Crippen LogP contribution in [-0.4, -0.2) is 12.3 Å². The van der Waals surface area contributed by atoms with Crippen LogP contribution in [0.3, 0.4) is 0 Å². The molecule has 0 aromatic rings. The molecule has 72 valence electrons. The van der Waals surface area contributed by atoms with E-state index in [4.69, 9.17) is 9.47 Å². The molecule has 0 N–H and O–H groups in total. The van der Waals surface area contributed by atoms with Crippen LogP contribution in [0.25, 0.3) is 0 Å². The minimum atomic E-state index is -0.733. The molecule has 0 radical (unpaired) electrons. The van der Waals surface area contributed by atoms with Crippen molar-refractivity contribution in [3.63, 3.8) is 0 Å². The van der Waals surface area contributed by atoms with Crippen molar-refractivity contribution >= 4 is 6.16 Å². The SMILES string of the molecule is C=C/C=C(\C=C)OC(=O)OC(C)C. The molecule has 3 heteroatoms. The van der Waals surface area contributed by atoms with E-state index in [1.54, 1.807) is 13.8 Å². The first-order valence-electron chi connectivity index (χ1n) is 3.93. The molecule has 0 aliphatic heterocycles. The summed E-state index contributed by atoms with van der Waals surface area (Å²) in [6.45, 7) is 10.4. The van der Waals surface area contributed by atoms with E-state index in [0.717, 1.165) is 0 Å². The predicted octanol–water partition coefficient (Wildman–Crippen LogP) is 2.80. The highest BCUT2D eigenvalue weighted by atomic mass is 16.7. The van der Waals surface area contributed by atoms with E-state index in [2.05, 4.69) is 13.2 Å². The van der Waals surface area contributed by atoms with Crippen molar-refractivity contribution < 1.29 is 14.3 Å². The van der Waals surface area contributed by atoms with Gasteiger partial charge in [-0.15, -0.1) is 0 Å². The first kappa shape index (κ1) is 11.5. The maximum Gasteiger partial charge on any atom is 0.514 e. The van der Waals surface area contributed by atoms with Gasteiger partial charge in [0.05, 0.1) is 6.10 Å². The predicted molar refractivity (Wildman–Crippen MR) is 51.2 cm³/mol. The maximum atomic E-state index is 10.9. The summed E-state index contributed by atoms with van der Waals surface area (Å²) in [5.41, 5.74) is 0. The zero-order valence-corrected chi connectivity index (χ0v) is 7.95. The highest BCUT2D eigenvalue weighted by Crippen LogP contribution is 2.02. The minimum absolute atomic E-state index is 0.192. The smallest absolute Gasteiger partial charge is 0.431 e. The normalized spacial score (nSPS) is 10.8. The lowest BCUT2D eigenvalue weighted by molar-refractivity contribution is 0.0557. The van der Waals surface area contributed by atoms with Crippen LogP contribution in [0.1, 0.15) is 13.8 Å². The Kier molecular flexibility index (Phi) is 5.35. The van der Waals surface area contributed by atoms with Gasteiger partial charge in [0.2, 0.25) is 0 Å². The lowest BCUT2D eigenvalue weighted by Gasteiger charge is -2.07. The van der Waals surface area contributed by atoms with Crippen molar-refractivity contribution in [2.24, 2.45) is 0 Å². The summed E-state index contributed by atoms with van der Waals surface area (Å²) >= 11 is 0. The zero-order chi connectivity index (χ0) is 10.3. The van der Waals surface area contributed by atoms with Crippen LogP contribution in [0.2, 0.25) is 0 Å². The Morgan fingerprint density at radius 3 is 2.38 bits per heavy atom. The molecule has 0 spiro atoms. The average Bonchev–Trinajstić information content (AvgIpc) is 2.02. The van der Waals surface area contributed by atoms with Crippen LogP contribution < -0.4 is 0 Å². The van der Waals surface area contributed by atoms with Crippen LogP contribution in [0.5, 0.6) is 0 Å². The van der Waals surface area contributed by atoms with Crippen molar-refractivity contribution in [1.29, 1.82) is 0 Å². The summed E-state index contributed by atoms with van der Waals surface area (Å²) in [5, 5.41) is 0. The van der Waals surface area contributed by atoms with Crippen molar-refractivity contribution in [3.05, 3.63) is 37.1 Å². The van der Waals surface area contributed by atoms with E-state index < -0.39 is 6.16 Å². The summed E-state index contributed by atoms with van der Waals surface area (Å²) < 4.78 is 9.51. The fourth-order valence-electron chi connectivity index (χ4n) is 0.573. The Morgan fingerprint density at radius 1 is 1.38 bits per heavy atom. The molecule has 0 unspecified atom stereocenters. The Labute approximate surface area is 78.3 Å². The third kappa shape index (κ3) is 5.73. The lowest BCUT2D eigenvalue weighted by Crippen LogP contribution is -2.12. The summed E-state index contributed by atoms with van der Waals surface area (Å²) in [5.74, 6) is 0.320. The van der Waals surface area contributed by atoms with Crippen LogP contribution in [0, 0.1) is 0 Å². The van der Waals surface area contributed by atoms with Gasteiger partial charge >= 0.3 is 6.16 Å². The van der Waals surface area contributed by atoms with Crippen LogP contribution in [-0.2, 0) is 9.47 Å². The second-order valence-electron chi connectivity index (χ2n) is 2.53. The molecule has 0 fully saturated rings. The molecule has 13 heavy (non-hydrogen) atoms. The molecule has 0 aromatic carbocycles. The van der Waals surface area contributed by atoms with Crippen molar-refractivity contribution in [3.8, 4) is 0 Å². The topological polar surface area (TPSA) is 35.5 Å². The fourth-order valence-corrected chi connectivity index (χ4v) is 0.573. The van der Waals surface area contributed by atoms with Crippen LogP contribution >= 0.6 is 0 Å². The van der Waals surface area contributed by atoms with E-state index in [9.17, 15) is 4.79 Å². The third-order valence-corrected chi connectivity index (χ3v) is 1.02. The van der Waals surface area contributed by atoms with Gasteiger partial charge in [0.1, 0.15) is 5.76 Å². The Hall–Kier alpha value is -1.51. The molecule has 0 rings (SSSR count). The number of rotatable bonds is 4. The van der Waals surface area contributed by atoms with Crippen molar-refractivity contribution in [2.75, 3.05) is 0 Å². The summed E-state index contributed by atoms with van der Waals surface area (Å²) in [6, 6.07) is 0. The molecule has 0 aromatic heterocycles. The van der Waals surface area contributed by atoms with Crippen LogP contribution in [0.15, 0.2) is 37.1 Å². The molecular formula is C10H14O3. The van der Waals surface area contributed by atoms with Gasteiger partial charge in [-0.2, -0.15) is 0 Å². The van der Waals surface area contributed by atoms with Gasteiger partial charge in [0.25, 0.3) is 0 Å². The quantitative estimate of drug-likeness (QED) is 0.381. The Morgan fingerprint density at radius 2 is 2.00 bits per heavy atom. The number of carbonyl (C=O) groups excluding carboxylic acids is 1. The molecule has 0 bridgehead atoms. The van der Waals surface area contributed by atoms with Gasteiger partial charge in [0.15, 0.2) is 0 Å². The first-order valence-corrected chi connectivity index (χ1v) is 3.93. The molecule has 0 aliphatic rings. The monoisotopic (exact) mass is 182 g/mol. The van der Waals surface area contributed by atoms with Gasteiger partial charge in [-0.05, 0) is 26.0 Å². The standard InChI is InChI=1S/C10H14O3/c1-5-7-9(6-2)13-10(11)12-8(3)4/h5-8H,1-2H2,3-4H3/b9-7+. The third-order valence-electron chi connectivity index (χ3n) is 1.02. The maximum absolute atomic E-state index is 10.9. The van der Waals surface area contributed by atoms with E-state index in [1.807, 2.05) is 0 Å². The molecule has 0 heterocycles. The largest absolute Gasteiger partial charge is 0.514 e. The number of hydrogen-bond donors (Lipinski definition) is 0. The van der Waals surface area contributed by atoms with Gasteiger partial charge in [-0.25, -0.2) is 4.79 Å². The highest BCUT2D eigenvalue weighted by molar-refractivity contribution is 5.62. The van der Waals surface area contributed by atoms with Gasteiger partial charge < -0.3 is 9.47 Å². The number of allylic oxidation sites excluding steroid dienone is 3. The van der Waals surface area contributed by atoms with Gasteiger partial charge in [-0.1, -0.05) is 19.2 Å². The molecule has 0 saturated carbocycles. The number of hydrogen-bond acceptors (Lipinski definition) is 3. The van der Waals surface area contributed by atoms with Crippen molar-refractivity contribution in [2.45, 2.75) is 20.0 Å². The Balaban J connectivity index is 4.09. The van der Waals surface area contributed by atoms with Crippen LogP contribution in [0.4, 0.5) is 4.79 Å². The first-order chi connectivity index (χ1) is 6.10. The van der Waals surface area contributed by atoms with E-state index in [-0.39, 0.29) is 6.10 Å². The van der Waals surface area contributed by atoms with E-state index in [1.165, 1.54) is 18.2 Å². The lowest BCUT2D eigenvalue weighted by atomic mass is 10.4. The number of carbonyl (C=O) groups is 1. The minimum Gasteiger partial charge on any atom is -0.431 e. The second-order valence-corrected chi connectivity index (χ2v) is 2.53. The molecule has 0 amide bonds. The molecular weight excluding hydrogens is 168 g/mol.